The molecule has 1 heterocycles. The number of urea groups is 1. The molecule has 0 radical (unpaired) electrons. The van der Waals surface area contributed by atoms with E-state index in [1.165, 1.54) is 5.56 Å². The normalized spacial score (nSPS) is 20.3. The number of nitrogens with zero attached hydrogens (tertiary/aromatic N) is 2. The Bertz CT molecular complexity index is 964. The number of hydrogen-bond donors (Lipinski definition) is 1. The van der Waals surface area contributed by atoms with E-state index >= 15 is 0 Å². The molecule has 2 aromatic carbocycles. The van der Waals surface area contributed by atoms with E-state index in [4.69, 9.17) is 23.2 Å². The largest absolute Gasteiger partial charge is 0.340 e. The Hall–Kier alpha value is -2.24. The maximum Gasteiger partial charge on any atom is 0.318 e. The highest BCUT2D eigenvalue weighted by molar-refractivity contribution is 6.31. The SMILES string of the molecule is CN(Cc1ccc(Cl)cc1)C(=O)[C@H]1CCCN1C(=O)NC1CCCc2cccc(Cl)c21. The lowest BCUT2D eigenvalue weighted by atomic mass is 9.87. The van der Waals surface area contributed by atoms with Crippen molar-refractivity contribution < 1.29 is 9.59 Å². The van der Waals surface area contributed by atoms with Crippen molar-refractivity contribution in [2.45, 2.75) is 50.7 Å². The molecule has 2 aliphatic rings. The highest BCUT2D eigenvalue weighted by Crippen LogP contribution is 2.35. The van der Waals surface area contributed by atoms with Crippen molar-refractivity contribution in [1.82, 2.24) is 15.1 Å². The van der Waals surface area contributed by atoms with Crippen LogP contribution >= 0.6 is 23.2 Å². The average molecular weight is 460 g/mol. The van der Waals surface area contributed by atoms with Gasteiger partial charge in [0.25, 0.3) is 0 Å². The summed E-state index contributed by atoms with van der Waals surface area (Å²) in [5, 5.41) is 4.52. The van der Waals surface area contributed by atoms with E-state index in [1.54, 1.807) is 16.8 Å². The van der Waals surface area contributed by atoms with Gasteiger partial charge in [-0.3, -0.25) is 4.79 Å². The van der Waals surface area contributed by atoms with Crippen LogP contribution in [0, 0.1) is 0 Å². The van der Waals surface area contributed by atoms with E-state index in [0.717, 1.165) is 36.8 Å². The lowest BCUT2D eigenvalue weighted by Gasteiger charge is -2.32. The van der Waals surface area contributed by atoms with Crippen LogP contribution in [0.5, 0.6) is 0 Å². The summed E-state index contributed by atoms with van der Waals surface area (Å²) in [4.78, 5) is 29.7. The molecular formula is C24H27Cl2N3O2. The van der Waals surface area contributed by atoms with Crippen molar-refractivity contribution in [2.75, 3.05) is 13.6 Å². The lowest BCUT2D eigenvalue weighted by molar-refractivity contribution is -0.134. The van der Waals surface area contributed by atoms with Crippen LogP contribution in [-0.4, -0.2) is 41.4 Å². The van der Waals surface area contributed by atoms with Crippen molar-refractivity contribution in [1.29, 1.82) is 0 Å². The summed E-state index contributed by atoms with van der Waals surface area (Å²) in [5.41, 5.74) is 3.22. The summed E-state index contributed by atoms with van der Waals surface area (Å²) in [6.07, 6.45) is 4.33. The van der Waals surface area contributed by atoms with Gasteiger partial charge in [-0.2, -0.15) is 0 Å². The second-order valence-electron chi connectivity index (χ2n) is 8.38. The van der Waals surface area contributed by atoms with Crippen LogP contribution in [0.15, 0.2) is 42.5 Å². The molecule has 0 aromatic heterocycles. The number of hydrogen-bond acceptors (Lipinski definition) is 2. The van der Waals surface area contributed by atoms with Gasteiger partial charge in [0.05, 0.1) is 6.04 Å². The zero-order valence-corrected chi connectivity index (χ0v) is 19.1. The third-order valence-electron chi connectivity index (χ3n) is 6.24. The number of nitrogens with one attached hydrogen (secondary N) is 1. The van der Waals surface area contributed by atoms with Gasteiger partial charge in [-0.15, -0.1) is 0 Å². The van der Waals surface area contributed by atoms with Gasteiger partial charge in [0.2, 0.25) is 5.91 Å². The van der Waals surface area contributed by atoms with Crippen LogP contribution in [0.4, 0.5) is 4.79 Å². The Labute approximate surface area is 193 Å². The van der Waals surface area contributed by atoms with Gasteiger partial charge in [-0.05, 0) is 67.0 Å². The monoisotopic (exact) mass is 459 g/mol. The first-order valence-electron chi connectivity index (χ1n) is 10.8. The number of halogens is 2. The molecule has 1 fully saturated rings. The van der Waals surface area contributed by atoms with Gasteiger partial charge in [0.1, 0.15) is 6.04 Å². The molecule has 1 aliphatic carbocycles. The van der Waals surface area contributed by atoms with Gasteiger partial charge < -0.3 is 15.1 Å². The molecule has 164 valence electrons. The van der Waals surface area contributed by atoms with Crippen LogP contribution in [0.25, 0.3) is 0 Å². The molecule has 1 unspecified atom stereocenters. The Balaban J connectivity index is 1.43. The number of rotatable bonds is 4. The number of likely N-dealkylation sites (tertiary alicyclic amines) is 1. The summed E-state index contributed by atoms with van der Waals surface area (Å²) in [5.74, 6) is -0.0373. The zero-order valence-electron chi connectivity index (χ0n) is 17.6. The third-order valence-corrected chi connectivity index (χ3v) is 6.82. The smallest absolute Gasteiger partial charge is 0.318 e. The van der Waals surface area contributed by atoms with Gasteiger partial charge in [-0.1, -0.05) is 47.5 Å². The topological polar surface area (TPSA) is 52.7 Å². The summed E-state index contributed by atoms with van der Waals surface area (Å²) in [7, 11) is 1.78. The fourth-order valence-corrected chi connectivity index (χ4v) is 5.12. The van der Waals surface area contributed by atoms with Crippen molar-refractivity contribution in [3.8, 4) is 0 Å². The summed E-state index contributed by atoms with van der Waals surface area (Å²) in [6, 6.07) is 12.6. The number of benzene rings is 2. The molecule has 5 nitrogen and oxygen atoms in total. The Morgan fingerprint density at radius 1 is 1.10 bits per heavy atom. The third kappa shape index (κ3) is 4.83. The first-order valence-corrected chi connectivity index (χ1v) is 11.5. The minimum absolute atomic E-state index is 0.0373. The summed E-state index contributed by atoms with van der Waals surface area (Å²) in [6.45, 7) is 1.06. The lowest BCUT2D eigenvalue weighted by Crippen LogP contribution is -2.50. The van der Waals surface area contributed by atoms with Crippen molar-refractivity contribution in [2.24, 2.45) is 0 Å². The number of carbonyl (C=O) groups excluding carboxylic acids is 2. The van der Waals surface area contributed by atoms with E-state index < -0.39 is 6.04 Å². The molecule has 2 aromatic rings. The molecule has 0 saturated carbocycles. The second kappa shape index (κ2) is 9.49. The zero-order chi connectivity index (χ0) is 22.0. The van der Waals surface area contributed by atoms with E-state index in [1.807, 2.05) is 36.4 Å². The predicted molar refractivity (Wildman–Crippen MR) is 123 cm³/mol. The van der Waals surface area contributed by atoms with E-state index in [9.17, 15) is 9.59 Å². The molecule has 3 amide bonds. The standard InChI is InChI=1S/C24H27Cl2N3O2/c1-28(15-16-10-12-18(25)13-11-16)23(30)21-9-4-14-29(21)24(31)27-20-8-3-6-17-5-2-7-19(26)22(17)20/h2,5,7,10-13,20-21H,3-4,6,8-9,14-15H2,1H3,(H,27,31)/t20?,21-/m1/s1. The Morgan fingerprint density at radius 2 is 1.87 bits per heavy atom. The van der Waals surface area contributed by atoms with E-state index in [0.29, 0.717) is 29.6 Å². The quantitative estimate of drug-likeness (QED) is 0.682. The van der Waals surface area contributed by atoms with E-state index in [2.05, 4.69) is 11.4 Å². The molecule has 1 aliphatic heterocycles. The highest BCUT2D eigenvalue weighted by atomic mass is 35.5. The maximum atomic E-state index is 13.2. The minimum Gasteiger partial charge on any atom is -0.340 e. The van der Waals surface area contributed by atoms with Crippen LogP contribution in [0.3, 0.4) is 0 Å². The summed E-state index contributed by atoms with van der Waals surface area (Å²) >= 11 is 12.4. The number of carbonyl (C=O) groups is 2. The number of aryl methyl sites for hydroxylation is 1. The molecule has 31 heavy (non-hydrogen) atoms. The Morgan fingerprint density at radius 3 is 2.65 bits per heavy atom. The fraction of sp³-hybridized carbons (Fsp3) is 0.417. The van der Waals surface area contributed by atoms with Crippen molar-refractivity contribution >= 4 is 35.1 Å². The second-order valence-corrected chi connectivity index (χ2v) is 9.22. The van der Waals surface area contributed by atoms with Gasteiger partial charge >= 0.3 is 6.03 Å². The van der Waals surface area contributed by atoms with Crippen molar-refractivity contribution in [3.63, 3.8) is 0 Å². The summed E-state index contributed by atoms with van der Waals surface area (Å²) < 4.78 is 0. The molecule has 0 spiro atoms. The molecule has 1 N–H and O–H groups in total. The highest BCUT2D eigenvalue weighted by Gasteiger charge is 2.37. The molecular weight excluding hydrogens is 433 g/mol. The first kappa shape index (κ1) is 22.0. The molecule has 2 atom stereocenters. The molecule has 1 saturated heterocycles. The van der Waals surface area contributed by atoms with Gasteiger partial charge in [0, 0.05) is 30.2 Å². The number of amides is 3. The van der Waals surface area contributed by atoms with Crippen LogP contribution < -0.4 is 5.32 Å². The minimum atomic E-state index is -0.438. The van der Waals surface area contributed by atoms with E-state index in [-0.39, 0.29) is 18.0 Å². The number of likely N-dealkylation sites (N-methyl/N-ethyl adjacent to an activating group) is 1. The van der Waals surface area contributed by atoms with Crippen LogP contribution in [0.2, 0.25) is 10.0 Å². The molecule has 7 heteroatoms. The average Bonchev–Trinajstić information content (AvgIpc) is 3.25. The first-order chi connectivity index (χ1) is 14.9. The fourth-order valence-electron chi connectivity index (χ4n) is 4.67. The molecule has 0 bridgehead atoms. The van der Waals surface area contributed by atoms with Gasteiger partial charge in [0.15, 0.2) is 0 Å². The van der Waals surface area contributed by atoms with Gasteiger partial charge in [-0.25, -0.2) is 4.79 Å². The predicted octanol–water partition coefficient (Wildman–Crippen LogP) is 5.20. The van der Waals surface area contributed by atoms with Crippen LogP contribution in [0.1, 0.15) is 48.4 Å². The molecule has 4 rings (SSSR count). The van der Waals surface area contributed by atoms with Crippen LogP contribution in [-0.2, 0) is 17.8 Å². The Kier molecular flexibility index (Phi) is 6.73. The van der Waals surface area contributed by atoms with Crippen molar-refractivity contribution in [3.05, 3.63) is 69.2 Å². The number of fused-ring (bicyclic) bond motifs is 1. The maximum absolute atomic E-state index is 13.2.